The second kappa shape index (κ2) is 8.14. The minimum absolute atomic E-state index is 0.0930. The molecule has 0 saturated heterocycles. The number of anilines is 1. The van der Waals surface area contributed by atoms with Crippen molar-refractivity contribution in [1.29, 1.82) is 0 Å². The molecule has 34 heavy (non-hydrogen) atoms. The van der Waals surface area contributed by atoms with Crippen molar-refractivity contribution in [2.45, 2.75) is 46.6 Å². The van der Waals surface area contributed by atoms with E-state index >= 15 is 0 Å². The number of benzene rings is 3. The van der Waals surface area contributed by atoms with E-state index in [1.807, 2.05) is 57.2 Å². The van der Waals surface area contributed by atoms with Crippen LogP contribution in [-0.4, -0.2) is 5.91 Å². The molecule has 0 radical (unpaired) electrons. The molecule has 1 aliphatic heterocycles. The summed E-state index contributed by atoms with van der Waals surface area (Å²) in [5.74, 6) is 0.124. The molecule has 1 aliphatic rings. The van der Waals surface area contributed by atoms with E-state index in [1.165, 1.54) is 5.56 Å². The van der Waals surface area contributed by atoms with E-state index in [0.717, 1.165) is 22.3 Å². The van der Waals surface area contributed by atoms with Crippen LogP contribution < -0.4 is 10.3 Å². The van der Waals surface area contributed by atoms with E-state index in [9.17, 15) is 9.59 Å². The van der Waals surface area contributed by atoms with Crippen molar-refractivity contribution in [1.82, 2.24) is 0 Å². The SMILES string of the molecule is Cc1cc2oc3c(c(=O)c2cc1C)C(c1ccc(C(C)C)cc1)N(c1ccc(C)c(Cl)c1)C3=O. The van der Waals surface area contributed by atoms with Crippen molar-refractivity contribution >= 4 is 34.2 Å². The summed E-state index contributed by atoms with van der Waals surface area (Å²) in [5, 5.41) is 1.05. The number of carbonyl (C=O) groups is 1. The first-order valence-electron chi connectivity index (χ1n) is 11.4. The number of amides is 1. The highest BCUT2D eigenvalue weighted by atomic mass is 35.5. The molecule has 5 heteroatoms. The molecule has 0 aliphatic carbocycles. The number of hydrogen-bond donors (Lipinski definition) is 0. The molecular weight excluding hydrogens is 446 g/mol. The third-order valence-corrected chi connectivity index (χ3v) is 7.25. The minimum atomic E-state index is -0.607. The summed E-state index contributed by atoms with van der Waals surface area (Å²) in [5.41, 5.74) is 6.21. The van der Waals surface area contributed by atoms with Gasteiger partial charge in [-0.3, -0.25) is 14.5 Å². The lowest BCUT2D eigenvalue weighted by atomic mass is 9.94. The van der Waals surface area contributed by atoms with Gasteiger partial charge in [-0.1, -0.05) is 55.8 Å². The quantitative estimate of drug-likeness (QED) is 0.316. The molecule has 2 heterocycles. The smallest absolute Gasteiger partial charge is 0.295 e. The largest absolute Gasteiger partial charge is 0.450 e. The highest BCUT2D eigenvalue weighted by Crippen LogP contribution is 2.42. The van der Waals surface area contributed by atoms with Gasteiger partial charge >= 0.3 is 0 Å². The zero-order chi connectivity index (χ0) is 24.3. The second-order valence-corrected chi connectivity index (χ2v) is 9.85. The summed E-state index contributed by atoms with van der Waals surface area (Å²) in [4.78, 5) is 29.2. The van der Waals surface area contributed by atoms with Crippen LogP contribution in [0.15, 0.2) is 63.8 Å². The summed E-state index contributed by atoms with van der Waals surface area (Å²) >= 11 is 6.43. The fraction of sp³-hybridized carbons (Fsp3) is 0.241. The van der Waals surface area contributed by atoms with Crippen LogP contribution in [0.25, 0.3) is 11.0 Å². The van der Waals surface area contributed by atoms with Crippen molar-refractivity contribution < 1.29 is 9.21 Å². The molecule has 172 valence electrons. The van der Waals surface area contributed by atoms with Gasteiger partial charge in [0.05, 0.1) is 17.0 Å². The average molecular weight is 472 g/mol. The van der Waals surface area contributed by atoms with E-state index in [-0.39, 0.29) is 17.1 Å². The Morgan fingerprint density at radius 1 is 0.882 bits per heavy atom. The van der Waals surface area contributed by atoms with Gasteiger partial charge in [0, 0.05) is 10.7 Å². The second-order valence-electron chi connectivity index (χ2n) is 9.44. The normalized spacial score (nSPS) is 15.4. The fourth-order valence-corrected chi connectivity index (χ4v) is 4.78. The molecule has 1 aromatic heterocycles. The van der Waals surface area contributed by atoms with E-state index in [0.29, 0.717) is 33.2 Å². The van der Waals surface area contributed by atoms with E-state index in [2.05, 4.69) is 26.0 Å². The maximum absolute atomic E-state index is 13.8. The van der Waals surface area contributed by atoms with E-state index in [4.69, 9.17) is 16.0 Å². The predicted molar refractivity (Wildman–Crippen MR) is 137 cm³/mol. The molecule has 0 spiro atoms. The minimum Gasteiger partial charge on any atom is -0.450 e. The summed E-state index contributed by atoms with van der Waals surface area (Å²) in [6, 6.07) is 16.7. The molecule has 3 aromatic carbocycles. The summed E-state index contributed by atoms with van der Waals surface area (Å²) in [7, 11) is 0. The molecule has 0 saturated carbocycles. The first-order valence-corrected chi connectivity index (χ1v) is 11.8. The Morgan fingerprint density at radius 2 is 1.56 bits per heavy atom. The number of halogens is 1. The van der Waals surface area contributed by atoms with Crippen LogP contribution in [0, 0.1) is 20.8 Å². The molecule has 0 fully saturated rings. The first-order chi connectivity index (χ1) is 16.2. The van der Waals surface area contributed by atoms with Gasteiger partial charge in [0.25, 0.3) is 5.91 Å². The topological polar surface area (TPSA) is 50.5 Å². The molecular formula is C29H26ClNO3. The van der Waals surface area contributed by atoms with Crippen LogP contribution in [0.4, 0.5) is 5.69 Å². The Hall–Kier alpha value is -3.37. The zero-order valence-corrected chi connectivity index (χ0v) is 20.7. The average Bonchev–Trinajstić information content (AvgIpc) is 3.10. The lowest BCUT2D eigenvalue weighted by molar-refractivity contribution is 0.0971. The highest BCUT2D eigenvalue weighted by Gasteiger charge is 2.43. The van der Waals surface area contributed by atoms with E-state index in [1.54, 1.807) is 11.0 Å². The predicted octanol–water partition coefficient (Wildman–Crippen LogP) is 7.24. The molecule has 4 nitrogen and oxygen atoms in total. The molecule has 1 atom stereocenters. The maximum Gasteiger partial charge on any atom is 0.295 e. The third-order valence-electron chi connectivity index (χ3n) is 6.84. The Kier molecular flexibility index (Phi) is 5.37. The van der Waals surface area contributed by atoms with Crippen molar-refractivity contribution in [3.63, 3.8) is 0 Å². The number of nitrogens with zero attached hydrogens (tertiary/aromatic N) is 1. The van der Waals surface area contributed by atoms with Crippen LogP contribution in [0.5, 0.6) is 0 Å². The number of carbonyl (C=O) groups excluding carboxylic acids is 1. The number of aryl methyl sites for hydroxylation is 3. The monoisotopic (exact) mass is 471 g/mol. The van der Waals surface area contributed by atoms with Crippen LogP contribution >= 0.6 is 11.6 Å². The van der Waals surface area contributed by atoms with Crippen molar-refractivity contribution in [3.05, 3.63) is 109 Å². The Bertz CT molecular complexity index is 1520. The summed E-state index contributed by atoms with van der Waals surface area (Å²) in [6.07, 6.45) is 0. The lowest BCUT2D eigenvalue weighted by Crippen LogP contribution is -2.29. The van der Waals surface area contributed by atoms with Gasteiger partial charge in [0.15, 0.2) is 5.43 Å². The van der Waals surface area contributed by atoms with Gasteiger partial charge in [0.1, 0.15) is 5.58 Å². The Labute approximate surface area is 203 Å². The van der Waals surface area contributed by atoms with Crippen LogP contribution in [0.1, 0.15) is 69.7 Å². The van der Waals surface area contributed by atoms with Crippen LogP contribution in [-0.2, 0) is 0 Å². The Balaban J connectivity index is 1.79. The summed E-state index contributed by atoms with van der Waals surface area (Å²) in [6.45, 7) is 10.1. The van der Waals surface area contributed by atoms with Crippen LogP contribution in [0.3, 0.4) is 0 Å². The molecule has 0 bridgehead atoms. The Morgan fingerprint density at radius 3 is 2.21 bits per heavy atom. The van der Waals surface area contributed by atoms with Gasteiger partial charge in [-0.2, -0.15) is 0 Å². The number of rotatable bonds is 3. The van der Waals surface area contributed by atoms with Gasteiger partial charge in [0.2, 0.25) is 5.76 Å². The van der Waals surface area contributed by atoms with Crippen molar-refractivity contribution in [2.75, 3.05) is 4.90 Å². The molecule has 0 N–H and O–H groups in total. The fourth-order valence-electron chi connectivity index (χ4n) is 4.60. The van der Waals surface area contributed by atoms with Gasteiger partial charge in [-0.15, -0.1) is 0 Å². The highest BCUT2D eigenvalue weighted by molar-refractivity contribution is 6.31. The number of fused-ring (bicyclic) bond motifs is 2. The molecule has 1 amide bonds. The van der Waals surface area contributed by atoms with E-state index < -0.39 is 6.04 Å². The van der Waals surface area contributed by atoms with Crippen molar-refractivity contribution in [3.8, 4) is 0 Å². The summed E-state index contributed by atoms with van der Waals surface area (Å²) < 4.78 is 6.13. The zero-order valence-electron chi connectivity index (χ0n) is 19.9. The molecule has 4 aromatic rings. The standard InChI is InChI=1S/C29H26ClNO3/c1-15(2)19-7-9-20(10-8-19)26-25-27(32)22-12-17(4)18(5)13-24(22)34-28(25)29(33)31(26)21-11-6-16(3)23(30)14-21/h6-15,26H,1-5H3. The lowest BCUT2D eigenvalue weighted by Gasteiger charge is -2.26. The molecule has 5 rings (SSSR count). The van der Waals surface area contributed by atoms with Crippen molar-refractivity contribution in [2.24, 2.45) is 0 Å². The van der Waals surface area contributed by atoms with Crippen LogP contribution in [0.2, 0.25) is 5.02 Å². The maximum atomic E-state index is 13.8. The first kappa shape index (κ1) is 22.4. The number of hydrogen-bond acceptors (Lipinski definition) is 3. The van der Waals surface area contributed by atoms with Gasteiger partial charge in [-0.25, -0.2) is 0 Å². The van der Waals surface area contributed by atoms with Gasteiger partial charge < -0.3 is 4.42 Å². The van der Waals surface area contributed by atoms with Gasteiger partial charge in [-0.05, 0) is 78.8 Å². The third kappa shape index (κ3) is 3.45. The molecule has 1 unspecified atom stereocenters.